The minimum atomic E-state index is -0.528. The second kappa shape index (κ2) is 20.1. The average molecular weight is 609 g/mol. The van der Waals surface area contributed by atoms with Gasteiger partial charge in [0.1, 0.15) is 0 Å². The first-order valence-corrected chi connectivity index (χ1v) is 17.5. The van der Waals surface area contributed by atoms with Gasteiger partial charge in [0.2, 0.25) is 11.6 Å². The lowest BCUT2D eigenvalue weighted by atomic mass is 9.83. The Morgan fingerprint density at radius 2 is 0.614 bits per heavy atom. The van der Waals surface area contributed by atoms with Crippen molar-refractivity contribution in [3.63, 3.8) is 0 Å². The molecular weight excluding hydrogens is 552 g/mol. The molecule has 44 heavy (non-hydrogen) atoms. The van der Waals surface area contributed by atoms with E-state index in [4.69, 9.17) is 18.9 Å². The lowest BCUT2D eigenvalue weighted by Crippen LogP contribution is -2.22. The number of rotatable bonds is 24. The lowest BCUT2D eigenvalue weighted by molar-refractivity contribution is 0.0814. The van der Waals surface area contributed by atoms with E-state index in [9.17, 15) is 9.59 Å². The van der Waals surface area contributed by atoms with Crippen LogP contribution in [-0.2, 0) is 0 Å². The summed E-state index contributed by atoms with van der Waals surface area (Å²) in [5.41, 5.74) is 2.06. The third kappa shape index (κ3) is 10.6. The first-order chi connectivity index (χ1) is 21.5. The first-order valence-electron chi connectivity index (χ1n) is 17.5. The molecule has 0 aliphatic heterocycles. The van der Waals surface area contributed by atoms with Crippen LogP contribution >= 0.6 is 0 Å². The van der Waals surface area contributed by atoms with Crippen molar-refractivity contribution >= 4 is 11.6 Å². The Balaban J connectivity index is 1.96. The quantitative estimate of drug-likeness (QED) is 0.0872. The Kier molecular flexibility index (Phi) is 16.2. The van der Waals surface area contributed by atoms with Gasteiger partial charge in [-0.3, -0.25) is 9.59 Å². The molecule has 0 heterocycles. The second-order valence-electron chi connectivity index (χ2n) is 12.0. The fourth-order valence-corrected chi connectivity index (χ4v) is 5.48. The van der Waals surface area contributed by atoms with Crippen LogP contribution in [0.3, 0.4) is 0 Å². The maximum atomic E-state index is 13.5. The molecule has 0 saturated carbocycles. The Morgan fingerprint density at radius 3 is 0.864 bits per heavy atom. The highest BCUT2D eigenvalue weighted by Gasteiger charge is 2.34. The number of Topliss-reactive ketones (excluding diaryl/α,β-unsaturated/α-hetero) is 2. The van der Waals surface area contributed by atoms with E-state index in [1.807, 2.05) is 12.1 Å². The standard InChI is InChI=1S/C38H56O6/c1-5-9-13-17-21-41-33-25-29-30-26-34(42-22-18-14-10-6-2)36(44-24-20-16-12-8-4)28-32(30)38(40)37(39)31(29)27-35(33)43-23-19-15-11-7-3/h25-28H,5-24H2,1-4H3. The highest BCUT2D eigenvalue weighted by molar-refractivity contribution is 6.53. The van der Waals surface area contributed by atoms with Crippen LogP contribution in [0.5, 0.6) is 23.0 Å². The summed E-state index contributed by atoms with van der Waals surface area (Å²) in [5.74, 6) is 1.23. The van der Waals surface area contributed by atoms with Crippen molar-refractivity contribution in [2.45, 2.75) is 130 Å². The van der Waals surface area contributed by atoms with Crippen molar-refractivity contribution in [3.05, 3.63) is 35.4 Å². The van der Waals surface area contributed by atoms with E-state index < -0.39 is 11.6 Å². The molecule has 0 fully saturated rings. The first kappa shape index (κ1) is 35.5. The van der Waals surface area contributed by atoms with Gasteiger partial charge in [-0.15, -0.1) is 0 Å². The molecule has 1 aliphatic carbocycles. The zero-order valence-electron chi connectivity index (χ0n) is 27.9. The second-order valence-corrected chi connectivity index (χ2v) is 12.0. The molecule has 0 bridgehead atoms. The van der Waals surface area contributed by atoms with Gasteiger partial charge < -0.3 is 18.9 Å². The largest absolute Gasteiger partial charge is 0.490 e. The third-order valence-corrected chi connectivity index (χ3v) is 8.18. The van der Waals surface area contributed by atoms with Gasteiger partial charge in [-0.2, -0.15) is 0 Å². The summed E-state index contributed by atoms with van der Waals surface area (Å²) in [6.45, 7) is 11.0. The van der Waals surface area contributed by atoms with E-state index in [0.717, 1.165) is 89.9 Å². The van der Waals surface area contributed by atoms with Gasteiger partial charge >= 0.3 is 0 Å². The Labute approximate surface area is 266 Å². The monoisotopic (exact) mass is 608 g/mol. The van der Waals surface area contributed by atoms with Gasteiger partial charge in [-0.05, 0) is 61.1 Å². The molecule has 3 rings (SSSR count). The van der Waals surface area contributed by atoms with E-state index in [1.165, 1.54) is 12.8 Å². The maximum Gasteiger partial charge on any atom is 0.234 e. The van der Waals surface area contributed by atoms with Crippen LogP contribution in [0.2, 0.25) is 0 Å². The highest BCUT2D eigenvalue weighted by atomic mass is 16.5. The van der Waals surface area contributed by atoms with Crippen LogP contribution in [0.25, 0.3) is 11.1 Å². The number of carbonyl (C=O) groups excluding carboxylic acids is 2. The minimum Gasteiger partial charge on any atom is -0.490 e. The van der Waals surface area contributed by atoms with Gasteiger partial charge in [0.05, 0.1) is 26.4 Å². The number of ether oxygens (including phenoxy) is 4. The molecule has 0 saturated heterocycles. The Bertz CT molecular complexity index is 1080. The fourth-order valence-electron chi connectivity index (χ4n) is 5.48. The van der Waals surface area contributed by atoms with Gasteiger partial charge in [-0.25, -0.2) is 0 Å². The van der Waals surface area contributed by atoms with Crippen molar-refractivity contribution in [2.24, 2.45) is 0 Å². The van der Waals surface area contributed by atoms with Gasteiger partial charge in [0, 0.05) is 11.1 Å². The number of hydrogen-bond donors (Lipinski definition) is 0. The van der Waals surface area contributed by atoms with E-state index in [1.54, 1.807) is 12.1 Å². The molecule has 0 N–H and O–H groups in total. The predicted molar refractivity (Wildman–Crippen MR) is 179 cm³/mol. The zero-order valence-corrected chi connectivity index (χ0v) is 27.9. The maximum absolute atomic E-state index is 13.5. The zero-order chi connectivity index (χ0) is 31.6. The number of ketones is 2. The summed E-state index contributed by atoms with van der Waals surface area (Å²) in [7, 11) is 0. The summed E-state index contributed by atoms with van der Waals surface area (Å²) >= 11 is 0. The summed E-state index contributed by atoms with van der Waals surface area (Å²) < 4.78 is 24.9. The molecule has 6 heteroatoms. The number of fused-ring (bicyclic) bond motifs is 3. The molecule has 244 valence electrons. The lowest BCUT2D eigenvalue weighted by Gasteiger charge is -2.23. The average Bonchev–Trinajstić information content (AvgIpc) is 3.03. The number of benzene rings is 2. The third-order valence-electron chi connectivity index (χ3n) is 8.18. The molecule has 0 unspecified atom stereocenters. The summed E-state index contributed by atoms with van der Waals surface area (Å²) in [5, 5.41) is 0. The smallest absolute Gasteiger partial charge is 0.234 e. The molecule has 0 atom stereocenters. The SMILES string of the molecule is CCCCCCOc1cc2c(cc1OCCCCCC)-c1cc(OCCCCCC)c(OCCCCCC)cc1C(=O)C2=O. The molecule has 0 radical (unpaired) electrons. The molecule has 0 amide bonds. The van der Waals surface area contributed by atoms with Crippen molar-refractivity contribution in [2.75, 3.05) is 26.4 Å². The molecule has 1 aliphatic rings. The topological polar surface area (TPSA) is 71.1 Å². The summed E-state index contributed by atoms with van der Waals surface area (Å²) in [4.78, 5) is 26.9. The van der Waals surface area contributed by atoms with Crippen molar-refractivity contribution < 1.29 is 28.5 Å². The van der Waals surface area contributed by atoms with Crippen LogP contribution in [0.4, 0.5) is 0 Å². The van der Waals surface area contributed by atoms with Crippen LogP contribution < -0.4 is 18.9 Å². The number of carbonyl (C=O) groups is 2. The van der Waals surface area contributed by atoms with Crippen LogP contribution in [0.1, 0.15) is 151 Å². The van der Waals surface area contributed by atoms with Crippen molar-refractivity contribution in [3.8, 4) is 34.1 Å². The Hall–Kier alpha value is -3.02. The molecular formula is C38H56O6. The molecule has 2 aromatic rings. The number of unbranched alkanes of at least 4 members (excludes halogenated alkanes) is 12. The van der Waals surface area contributed by atoms with Crippen molar-refractivity contribution in [1.82, 2.24) is 0 Å². The minimum absolute atomic E-state index is 0.353. The highest BCUT2D eigenvalue weighted by Crippen LogP contribution is 2.45. The van der Waals surface area contributed by atoms with E-state index >= 15 is 0 Å². The van der Waals surface area contributed by atoms with E-state index in [0.29, 0.717) is 71.7 Å². The van der Waals surface area contributed by atoms with Gasteiger partial charge in [0.15, 0.2) is 23.0 Å². The van der Waals surface area contributed by atoms with Crippen LogP contribution in [-0.4, -0.2) is 38.0 Å². The van der Waals surface area contributed by atoms with Crippen LogP contribution in [0.15, 0.2) is 24.3 Å². The summed E-state index contributed by atoms with van der Waals surface area (Å²) in [6, 6.07) is 7.19. The molecule has 6 nitrogen and oxygen atoms in total. The normalized spacial score (nSPS) is 12.2. The summed E-state index contributed by atoms with van der Waals surface area (Å²) in [6.07, 6.45) is 17.4. The molecule has 2 aromatic carbocycles. The molecule has 0 spiro atoms. The predicted octanol–water partition coefficient (Wildman–Crippen LogP) is 10.6. The number of hydrogen-bond acceptors (Lipinski definition) is 6. The molecule has 0 aromatic heterocycles. The van der Waals surface area contributed by atoms with Gasteiger partial charge in [-0.1, -0.05) is 105 Å². The van der Waals surface area contributed by atoms with E-state index in [-0.39, 0.29) is 0 Å². The van der Waals surface area contributed by atoms with Crippen LogP contribution in [0, 0.1) is 0 Å². The van der Waals surface area contributed by atoms with Gasteiger partial charge in [0.25, 0.3) is 0 Å². The van der Waals surface area contributed by atoms with Crippen molar-refractivity contribution in [1.29, 1.82) is 0 Å². The fraction of sp³-hybridized carbons (Fsp3) is 0.632. The van der Waals surface area contributed by atoms with E-state index in [2.05, 4.69) is 27.7 Å². The Morgan fingerprint density at radius 1 is 0.364 bits per heavy atom.